The van der Waals surface area contributed by atoms with E-state index in [1.807, 2.05) is 0 Å². The van der Waals surface area contributed by atoms with Crippen LogP contribution < -0.4 is 10.8 Å². The zero-order valence-electron chi connectivity index (χ0n) is 13.6. The summed E-state index contributed by atoms with van der Waals surface area (Å²) in [6.45, 7) is 0.386. The van der Waals surface area contributed by atoms with Gasteiger partial charge in [-0.25, -0.2) is 14.3 Å². The molecular weight excluding hydrogens is 362 g/mol. The molecule has 2 aromatic carbocycles. The summed E-state index contributed by atoms with van der Waals surface area (Å²) >= 11 is 6.11. The average molecular weight is 377 g/mol. The quantitative estimate of drug-likeness (QED) is 0.580. The summed E-state index contributed by atoms with van der Waals surface area (Å²) in [7, 11) is 0. The number of rotatable bonds is 6. The van der Waals surface area contributed by atoms with Crippen LogP contribution in [0.25, 0.3) is 0 Å². The van der Waals surface area contributed by atoms with Crippen LogP contribution in [0.4, 0.5) is 20.2 Å². The first-order chi connectivity index (χ1) is 12.5. The molecule has 0 radical (unpaired) electrons. The van der Waals surface area contributed by atoms with E-state index in [2.05, 4.69) is 16.7 Å². The van der Waals surface area contributed by atoms with Crippen molar-refractivity contribution in [1.29, 1.82) is 0 Å². The summed E-state index contributed by atoms with van der Waals surface area (Å²) in [4.78, 5) is 17.4. The molecule has 0 saturated heterocycles. The number of nitrogens with one attached hydrogen (secondary N) is 2. The van der Waals surface area contributed by atoms with Gasteiger partial charge in [0.25, 0.3) is 5.91 Å². The number of carbonyl (C=O) groups excluding carboxylic acids is 1. The lowest BCUT2D eigenvalue weighted by Gasteiger charge is -2.15. The Bertz CT molecular complexity index is 892. The van der Waals surface area contributed by atoms with Crippen LogP contribution in [0.5, 0.6) is 0 Å². The van der Waals surface area contributed by atoms with E-state index < -0.39 is 17.5 Å². The van der Waals surface area contributed by atoms with Gasteiger partial charge < -0.3 is 5.32 Å². The monoisotopic (exact) mass is 376 g/mol. The number of terminal acetylenes is 1. The van der Waals surface area contributed by atoms with Crippen molar-refractivity contribution < 1.29 is 18.4 Å². The SMILES string of the molecule is C#Cc1ccc(Nc2c(C(=O)NOCC3CC3)ccc(F)c2F)c(Cl)c1. The molecule has 1 saturated carbocycles. The van der Waals surface area contributed by atoms with Crippen LogP contribution >= 0.6 is 11.6 Å². The zero-order valence-corrected chi connectivity index (χ0v) is 14.4. The molecule has 0 spiro atoms. The Labute approximate surface area is 154 Å². The van der Waals surface area contributed by atoms with E-state index in [0.717, 1.165) is 18.9 Å². The number of amides is 1. The van der Waals surface area contributed by atoms with Crippen LogP contribution in [0.2, 0.25) is 5.02 Å². The Morgan fingerprint density at radius 3 is 2.73 bits per heavy atom. The van der Waals surface area contributed by atoms with E-state index in [1.54, 1.807) is 6.07 Å². The van der Waals surface area contributed by atoms with Gasteiger partial charge >= 0.3 is 0 Å². The summed E-state index contributed by atoms with van der Waals surface area (Å²) in [5.74, 6) is -0.131. The summed E-state index contributed by atoms with van der Waals surface area (Å²) in [6.07, 6.45) is 7.41. The summed E-state index contributed by atoms with van der Waals surface area (Å²) in [5.41, 5.74) is 2.61. The number of anilines is 2. The second kappa shape index (κ2) is 7.73. The largest absolute Gasteiger partial charge is 0.351 e. The van der Waals surface area contributed by atoms with E-state index in [1.165, 1.54) is 18.2 Å². The lowest BCUT2D eigenvalue weighted by molar-refractivity contribution is 0.0270. The lowest BCUT2D eigenvalue weighted by Crippen LogP contribution is -2.26. The maximum Gasteiger partial charge on any atom is 0.277 e. The predicted molar refractivity (Wildman–Crippen MR) is 95.2 cm³/mol. The molecule has 0 atom stereocenters. The molecule has 3 rings (SSSR count). The highest BCUT2D eigenvalue weighted by atomic mass is 35.5. The minimum Gasteiger partial charge on any atom is -0.351 e. The summed E-state index contributed by atoms with van der Waals surface area (Å²) < 4.78 is 28.0. The maximum atomic E-state index is 14.3. The van der Waals surface area contributed by atoms with Crippen molar-refractivity contribution >= 4 is 28.9 Å². The van der Waals surface area contributed by atoms with Crippen LogP contribution in [0.1, 0.15) is 28.8 Å². The molecule has 0 bridgehead atoms. The van der Waals surface area contributed by atoms with Crippen LogP contribution in [0.3, 0.4) is 0 Å². The van der Waals surface area contributed by atoms with Crippen molar-refractivity contribution in [3.63, 3.8) is 0 Å². The van der Waals surface area contributed by atoms with E-state index in [0.29, 0.717) is 18.1 Å². The van der Waals surface area contributed by atoms with Crippen LogP contribution in [-0.2, 0) is 4.84 Å². The van der Waals surface area contributed by atoms with Crippen LogP contribution in [0.15, 0.2) is 30.3 Å². The minimum atomic E-state index is -1.20. The Kier molecular flexibility index (Phi) is 5.40. The molecule has 26 heavy (non-hydrogen) atoms. The highest BCUT2D eigenvalue weighted by molar-refractivity contribution is 6.33. The van der Waals surface area contributed by atoms with Crippen LogP contribution in [0, 0.1) is 29.9 Å². The Morgan fingerprint density at radius 2 is 2.08 bits per heavy atom. The number of hydrogen-bond donors (Lipinski definition) is 2. The normalized spacial score (nSPS) is 13.2. The van der Waals surface area contributed by atoms with Gasteiger partial charge in [-0.05, 0) is 49.1 Å². The third-order valence-electron chi connectivity index (χ3n) is 3.92. The minimum absolute atomic E-state index is 0.114. The third-order valence-corrected chi connectivity index (χ3v) is 4.23. The molecule has 0 unspecified atom stereocenters. The molecule has 1 aliphatic carbocycles. The lowest BCUT2D eigenvalue weighted by atomic mass is 10.1. The van der Waals surface area contributed by atoms with Crippen molar-refractivity contribution in [3.8, 4) is 12.3 Å². The Morgan fingerprint density at radius 1 is 1.31 bits per heavy atom. The molecule has 7 heteroatoms. The van der Waals surface area contributed by atoms with Gasteiger partial charge in [-0.1, -0.05) is 17.5 Å². The first-order valence-electron chi connectivity index (χ1n) is 7.93. The van der Waals surface area contributed by atoms with E-state index in [-0.39, 0.29) is 22.0 Å². The molecule has 0 heterocycles. The van der Waals surface area contributed by atoms with E-state index >= 15 is 0 Å². The standard InChI is InChI=1S/C19H15ClF2N2O2/c1-2-11-5-8-16(14(20)9-11)23-18-13(6-7-15(21)17(18)22)19(25)24-26-10-12-3-4-12/h1,5-9,12,23H,3-4,10H2,(H,24,25). The van der Waals surface area contributed by atoms with Gasteiger partial charge in [0.2, 0.25) is 0 Å². The van der Waals surface area contributed by atoms with Crippen molar-refractivity contribution in [2.24, 2.45) is 5.92 Å². The van der Waals surface area contributed by atoms with Gasteiger partial charge in [0.1, 0.15) is 0 Å². The topological polar surface area (TPSA) is 50.4 Å². The summed E-state index contributed by atoms with van der Waals surface area (Å²) in [6, 6.07) is 6.65. The van der Waals surface area contributed by atoms with Crippen LogP contribution in [-0.4, -0.2) is 12.5 Å². The van der Waals surface area contributed by atoms with Crippen molar-refractivity contribution in [1.82, 2.24) is 5.48 Å². The van der Waals surface area contributed by atoms with E-state index in [9.17, 15) is 13.6 Å². The number of carbonyl (C=O) groups is 1. The summed E-state index contributed by atoms with van der Waals surface area (Å²) in [5, 5.41) is 2.87. The fourth-order valence-electron chi connectivity index (χ4n) is 2.27. The number of benzene rings is 2. The average Bonchev–Trinajstić information content (AvgIpc) is 3.44. The van der Waals surface area contributed by atoms with Crippen molar-refractivity contribution in [2.45, 2.75) is 12.8 Å². The second-order valence-corrected chi connectivity index (χ2v) is 6.34. The number of halogens is 3. The molecule has 2 N–H and O–H groups in total. The molecular formula is C19H15ClF2N2O2. The van der Waals surface area contributed by atoms with Gasteiger partial charge in [0, 0.05) is 5.56 Å². The highest BCUT2D eigenvalue weighted by Gasteiger charge is 2.23. The van der Waals surface area contributed by atoms with Gasteiger partial charge in [-0.15, -0.1) is 6.42 Å². The van der Waals surface area contributed by atoms with Gasteiger partial charge in [0.05, 0.1) is 28.6 Å². The highest BCUT2D eigenvalue weighted by Crippen LogP contribution is 2.31. The third kappa shape index (κ3) is 4.13. The molecule has 134 valence electrons. The fourth-order valence-corrected chi connectivity index (χ4v) is 2.50. The van der Waals surface area contributed by atoms with Crippen molar-refractivity contribution in [2.75, 3.05) is 11.9 Å². The Balaban J connectivity index is 1.85. The van der Waals surface area contributed by atoms with Gasteiger partial charge in [-0.3, -0.25) is 9.63 Å². The zero-order chi connectivity index (χ0) is 18.7. The number of hydrogen-bond acceptors (Lipinski definition) is 3. The molecule has 1 aliphatic rings. The fraction of sp³-hybridized carbons (Fsp3) is 0.211. The van der Waals surface area contributed by atoms with E-state index in [4.69, 9.17) is 22.9 Å². The number of hydroxylamine groups is 1. The molecule has 2 aromatic rings. The Hall–Kier alpha value is -2.62. The second-order valence-electron chi connectivity index (χ2n) is 5.93. The predicted octanol–water partition coefficient (Wildman–Crippen LogP) is 4.41. The molecule has 4 nitrogen and oxygen atoms in total. The van der Waals surface area contributed by atoms with Gasteiger partial charge in [0.15, 0.2) is 11.6 Å². The first-order valence-corrected chi connectivity index (χ1v) is 8.30. The smallest absolute Gasteiger partial charge is 0.277 e. The molecule has 1 amide bonds. The van der Waals surface area contributed by atoms with Crippen molar-refractivity contribution in [3.05, 3.63) is 58.1 Å². The molecule has 1 fully saturated rings. The molecule has 0 aliphatic heterocycles. The molecule has 0 aromatic heterocycles. The first kappa shape index (κ1) is 18.2. The van der Waals surface area contributed by atoms with Gasteiger partial charge in [-0.2, -0.15) is 0 Å². The maximum absolute atomic E-state index is 14.3.